The quantitative estimate of drug-likeness (QED) is 0.691. The molecule has 0 heterocycles. The molecule has 2 saturated carbocycles. The summed E-state index contributed by atoms with van der Waals surface area (Å²) in [5, 5.41) is 3.73. The molecule has 2 rings (SSSR count). The summed E-state index contributed by atoms with van der Waals surface area (Å²) in [4.78, 5) is 0. The van der Waals surface area contributed by atoms with E-state index in [2.05, 4.69) is 39.9 Å². The highest BCUT2D eigenvalue weighted by Gasteiger charge is 2.39. The molecule has 2 aliphatic carbocycles. The summed E-state index contributed by atoms with van der Waals surface area (Å²) < 4.78 is 0. The summed E-state index contributed by atoms with van der Waals surface area (Å²) in [5.41, 5.74) is 0.584. The van der Waals surface area contributed by atoms with Crippen LogP contribution in [-0.2, 0) is 0 Å². The molecule has 1 nitrogen and oxygen atoms in total. The third-order valence-corrected chi connectivity index (χ3v) is 6.45. The standard InChI is InChI=1S/C20H39N/c1-6-16-7-9-17(10-8-16)19-13-20(4,5)12-11-18(19)14-21-15(2)3/h15-19,21H,6-14H2,1-5H3. The number of nitrogens with one attached hydrogen (secondary N) is 1. The van der Waals surface area contributed by atoms with E-state index in [1.54, 1.807) is 0 Å². The molecule has 2 fully saturated rings. The lowest BCUT2D eigenvalue weighted by molar-refractivity contribution is 0.0491. The molecule has 2 atom stereocenters. The van der Waals surface area contributed by atoms with Crippen LogP contribution < -0.4 is 5.32 Å². The summed E-state index contributed by atoms with van der Waals surface area (Å²) in [5.74, 6) is 3.97. The Morgan fingerprint density at radius 3 is 2.29 bits per heavy atom. The molecule has 0 aromatic carbocycles. The van der Waals surface area contributed by atoms with Gasteiger partial charge in [-0.1, -0.05) is 53.9 Å². The van der Waals surface area contributed by atoms with Gasteiger partial charge < -0.3 is 5.32 Å². The molecule has 0 bridgehead atoms. The van der Waals surface area contributed by atoms with Gasteiger partial charge in [-0.3, -0.25) is 0 Å². The van der Waals surface area contributed by atoms with Crippen LogP contribution in [0.1, 0.15) is 86.0 Å². The SMILES string of the molecule is CCC1CCC(C2CC(C)(C)CCC2CNC(C)C)CC1. The van der Waals surface area contributed by atoms with Crippen LogP contribution in [0.4, 0.5) is 0 Å². The molecule has 2 unspecified atom stereocenters. The minimum absolute atomic E-state index is 0.584. The number of hydrogen-bond acceptors (Lipinski definition) is 1. The fourth-order valence-corrected chi connectivity index (χ4v) is 4.91. The van der Waals surface area contributed by atoms with Crippen molar-refractivity contribution in [2.75, 3.05) is 6.54 Å². The molecular weight excluding hydrogens is 254 g/mol. The third-order valence-electron chi connectivity index (χ3n) is 6.45. The van der Waals surface area contributed by atoms with Gasteiger partial charge in [-0.2, -0.15) is 0 Å². The lowest BCUT2D eigenvalue weighted by Gasteiger charge is -2.46. The van der Waals surface area contributed by atoms with E-state index in [1.165, 1.54) is 57.9 Å². The van der Waals surface area contributed by atoms with Gasteiger partial charge in [0, 0.05) is 6.04 Å². The van der Waals surface area contributed by atoms with Crippen LogP contribution in [-0.4, -0.2) is 12.6 Å². The van der Waals surface area contributed by atoms with Crippen LogP contribution in [0.2, 0.25) is 0 Å². The molecule has 2 aliphatic rings. The summed E-state index contributed by atoms with van der Waals surface area (Å²) in [6, 6.07) is 0.636. The Morgan fingerprint density at radius 1 is 1.05 bits per heavy atom. The Bertz CT molecular complexity index is 297. The third kappa shape index (κ3) is 4.98. The van der Waals surface area contributed by atoms with Crippen molar-refractivity contribution in [1.82, 2.24) is 5.32 Å². The van der Waals surface area contributed by atoms with Crippen molar-refractivity contribution in [3.8, 4) is 0 Å². The van der Waals surface area contributed by atoms with Crippen LogP contribution >= 0.6 is 0 Å². The van der Waals surface area contributed by atoms with E-state index in [0.717, 1.165) is 23.7 Å². The van der Waals surface area contributed by atoms with E-state index in [4.69, 9.17) is 0 Å². The van der Waals surface area contributed by atoms with Crippen LogP contribution in [0.5, 0.6) is 0 Å². The maximum atomic E-state index is 3.73. The molecule has 21 heavy (non-hydrogen) atoms. The average molecular weight is 294 g/mol. The summed E-state index contributed by atoms with van der Waals surface area (Å²) in [6.07, 6.45) is 11.8. The van der Waals surface area contributed by atoms with Gasteiger partial charge in [-0.05, 0) is 67.7 Å². The van der Waals surface area contributed by atoms with Gasteiger partial charge in [0.15, 0.2) is 0 Å². The highest BCUT2D eigenvalue weighted by atomic mass is 14.9. The Labute approximate surface area is 133 Å². The lowest BCUT2D eigenvalue weighted by Crippen LogP contribution is -2.41. The van der Waals surface area contributed by atoms with Gasteiger partial charge in [-0.25, -0.2) is 0 Å². The molecule has 0 spiro atoms. The van der Waals surface area contributed by atoms with E-state index in [0.29, 0.717) is 11.5 Å². The van der Waals surface area contributed by atoms with Crippen LogP contribution in [0.3, 0.4) is 0 Å². The first-order chi connectivity index (χ1) is 9.91. The first kappa shape index (κ1) is 17.3. The van der Waals surface area contributed by atoms with Crippen molar-refractivity contribution in [3.05, 3.63) is 0 Å². The Balaban J connectivity index is 1.96. The minimum Gasteiger partial charge on any atom is -0.314 e. The van der Waals surface area contributed by atoms with Crippen molar-refractivity contribution in [2.45, 2.75) is 92.0 Å². The van der Waals surface area contributed by atoms with Gasteiger partial charge in [0.2, 0.25) is 0 Å². The Kier molecular flexibility index (Phi) is 6.17. The number of hydrogen-bond donors (Lipinski definition) is 1. The Morgan fingerprint density at radius 2 is 1.71 bits per heavy atom. The highest BCUT2D eigenvalue weighted by Crippen LogP contribution is 2.48. The molecule has 0 radical (unpaired) electrons. The van der Waals surface area contributed by atoms with Crippen molar-refractivity contribution >= 4 is 0 Å². The Hall–Kier alpha value is -0.0400. The van der Waals surface area contributed by atoms with E-state index in [1.807, 2.05) is 0 Å². The molecule has 0 amide bonds. The van der Waals surface area contributed by atoms with Crippen molar-refractivity contribution in [1.29, 1.82) is 0 Å². The predicted molar refractivity (Wildman–Crippen MR) is 93.5 cm³/mol. The topological polar surface area (TPSA) is 12.0 Å². The maximum absolute atomic E-state index is 3.73. The van der Waals surface area contributed by atoms with Gasteiger partial charge in [0.1, 0.15) is 0 Å². The van der Waals surface area contributed by atoms with Crippen LogP contribution in [0, 0.1) is 29.1 Å². The molecule has 124 valence electrons. The zero-order chi connectivity index (χ0) is 15.5. The highest BCUT2D eigenvalue weighted by molar-refractivity contribution is 4.91. The van der Waals surface area contributed by atoms with Crippen LogP contribution in [0.25, 0.3) is 0 Å². The zero-order valence-electron chi connectivity index (χ0n) is 15.3. The zero-order valence-corrected chi connectivity index (χ0v) is 15.3. The molecule has 0 aromatic heterocycles. The molecule has 0 aromatic rings. The summed E-state index contributed by atoms with van der Waals surface area (Å²) in [7, 11) is 0. The second-order valence-corrected chi connectivity index (χ2v) is 9.08. The maximum Gasteiger partial charge on any atom is 0.00104 e. The van der Waals surface area contributed by atoms with Crippen molar-refractivity contribution < 1.29 is 0 Å². The van der Waals surface area contributed by atoms with Gasteiger partial charge in [-0.15, -0.1) is 0 Å². The first-order valence-corrected chi connectivity index (χ1v) is 9.64. The van der Waals surface area contributed by atoms with Crippen molar-refractivity contribution in [2.24, 2.45) is 29.1 Å². The number of rotatable bonds is 5. The predicted octanol–water partition coefficient (Wildman–Crippen LogP) is 5.64. The fraction of sp³-hybridized carbons (Fsp3) is 1.00. The van der Waals surface area contributed by atoms with Crippen LogP contribution in [0.15, 0.2) is 0 Å². The van der Waals surface area contributed by atoms with Gasteiger partial charge in [0.05, 0.1) is 0 Å². The molecular formula is C20H39N. The lowest BCUT2D eigenvalue weighted by atomic mass is 9.60. The smallest absolute Gasteiger partial charge is 0.00104 e. The molecule has 0 saturated heterocycles. The fourth-order valence-electron chi connectivity index (χ4n) is 4.91. The molecule has 1 heteroatoms. The van der Waals surface area contributed by atoms with Gasteiger partial charge >= 0.3 is 0 Å². The molecule has 1 N–H and O–H groups in total. The summed E-state index contributed by atoms with van der Waals surface area (Å²) >= 11 is 0. The van der Waals surface area contributed by atoms with E-state index in [-0.39, 0.29) is 0 Å². The van der Waals surface area contributed by atoms with E-state index < -0.39 is 0 Å². The average Bonchev–Trinajstić information content (AvgIpc) is 2.45. The monoisotopic (exact) mass is 293 g/mol. The van der Waals surface area contributed by atoms with E-state index >= 15 is 0 Å². The largest absolute Gasteiger partial charge is 0.314 e. The van der Waals surface area contributed by atoms with E-state index in [9.17, 15) is 0 Å². The second kappa shape index (κ2) is 7.49. The minimum atomic E-state index is 0.584. The first-order valence-electron chi connectivity index (χ1n) is 9.64. The normalized spacial score (nSPS) is 36.9. The van der Waals surface area contributed by atoms with Crippen molar-refractivity contribution in [3.63, 3.8) is 0 Å². The van der Waals surface area contributed by atoms with Gasteiger partial charge in [0.25, 0.3) is 0 Å². The molecule has 0 aliphatic heterocycles. The summed E-state index contributed by atoms with van der Waals surface area (Å²) in [6.45, 7) is 13.2. The second-order valence-electron chi connectivity index (χ2n) is 9.08.